The van der Waals surface area contributed by atoms with E-state index in [2.05, 4.69) is 0 Å². The Balaban J connectivity index is 2.12. The third-order valence-corrected chi connectivity index (χ3v) is 7.59. The van der Waals surface area contributed by atoms with Crippen LogP contribution >= 0.6 is 0 Å². The van der Waals surface area contributed by atoms with Crippen molar-refractivity contribution in [2.75, 3.05) is 44.1 Å². The first-order valence-electron chi connectivity index (χ1n) is 7.79. The molecule has 142 valence electrons. The van der Waals surface area contributed by atoms with Gasteiger partial charge < -0.3 is 14.9 Å². The van der Waals surface area contributed by atoms with Gasteiger partial charge in [0, 0.05) is 13.1 Å². The van der Waals surface area contributed by atoms with Gasteiger partial charge in [-0.05, 0) is 18.2 Å². The molecule has 2 atom stereocenters. The minimum Gasteiger partial charge on any atom is -0.497 e. The van der Waals surface area contributed by atoms with Crippen LogP contribution in [0.25, 0.3) is 0 Å². The maximum atomic E-state index is 12.5. The number of rotatable bonds is 8. The number of aliphatic hydroxyl groups is 2. The van der Waals surface area contributed by atoms with E-state index in [-0.39, 0.29) is 41.9 Å². The van der Waals surface area contributed by atoms with Crippen LogP contribution < -0.4 is 4.74 Å². The first kappa shape index (κ1) is 20.1. The number of ether oxygens (including phenoxy) is 1. The highest BCUT2D eigenvalue weighted by Gasteiger charge is 2.40. The van der Waals surface area contributed by atoms with Crippen molar-refractivity contribution in [3.8, 4) is 5.75 Å². The third kappa shape index (κ3) is 5.14. The van der Waals surface area contributed by atoms with Crippen LogP contribution in [-0.2, 0) is 19.7 Å². The van der Waals surface area contributed by atoms with E-state index in [1.165, 1.54) is 24.1 Å². The van der Waals surface area contributed by atoms with E-state index < -0.39 is 31.8 Å². The van der Waals surface area contributed by atoms with Gasteiger partial charge in [0.1, 0.15) is 5.75 Å². The summed E-state index contributed by atoms with van der Waals surface area (Å²) in [5, 5.41) is 19.2. The Bertz CT molecular complexity index is 792. The first-order chi connectivity index (χ1) is 11.7. The predicted molar refractivity (Wildman–Crippen MR) is 92.2 cm³/mol. The van der Waals surface area contributed by atoms with Crippen molar-refractivity contribution >= 4 is 19.7 Å². The maximum Gasteiger partial charge on any atom is 0.179 e. The summed E-state index contributed by atoms with van der Waals surface area (Å²) in [6, 6.07) is 5.38. The highest BCUT2D eigenvalue weighted by atomic mass is 32.2. The summed E-state index contributed by atoms with van der Waals surface area (Å²) < 4.78 is 53.4. The van der Waals surface area contributed by atoms with Crippen LogP contribution in [0.3, 0.4) is 0 Å². The fraction of sp³-hybridized carbons (Fsp3) is 0.600. The largest absolute Gasteiger partial charge is 0.497 e. The zero-order valence-electron chi connectivity index (χ0n) is 13.9. The van der Waals surface area contributed by atoms with Crippen molar-refractivity contribution in [3.63, 3.8) is 0 Å². The van der Waals surface area contributed by atoms with Crippen molar-refractivity contribution in [3.05, 3.63) is 24.3 Å². The molecule has 1 heterocycles. The fourth-order valence-electron chi connectivity index (χ4n) is 2.88. The van der Waals surface area contributed by atoms with E-state index >= 15 is 0 Å². The summed E-state index contributed by atoms with van der Waals surface area (Å²) >= 11 is 0. The van der Waals surface area contributed by atoms with Gasteiger partial charge >= 0.3 is 0 Å². The minimum absolute atomic E-state index is 0.0113. The quantitative estimate of drug-likeness (QED) is 0.572. The number of sulfone groups is 2. The lowest BCUT2D eigenvalue weighted by molar-refractivity contribution is 0.0744. The molecule has 0 saturated carbocycles. The monoisotopic (exact) mass is 393 g/mol. The SMILES string of the molecule is COc1cccc(S(=O)(=O)CCN(CCO)[C@H]2CS(=O)(=O)C[C@H]2O)c1. The normalized spacial score (nSPS) is 23.0. The van der Waals surface area contributed by atoms with Crippen LogP contribution in [0.15, 0.2) is 29.2 Å². The van der Waals surface area contributed by atoms with Crippen molar-refractivity contribution < 1.29 is 31.8 Å². The summed E-state index contributed by atoms with van der Waals surface area (Å²) in [7, 11) is -5.54. The van der Waals surface area contributed by atoms with Crippen molar-refractivity contribution in [2.45, 2.75) is 17.0 Å². The van der Waals surface area contributed by atoms with Crippen LogP contribution in [0.4, 0.5) is 0 Å². The molecule has 0 radical (unpaired) electrons. The maximum absolute atomic E-state index is 12.5. The van der Waals surface area contributed by atoms with E-state index in [4.69, 9.17) is 4.74 Å². The van der Waals surface area contributed by atoms with Crippen LogP contribution in [0, 0.1) is 0 Å². The molecule has 0 amide bonds. The topological polar surface area (TPSA) is 121 Å². The number of benzene rings is 1. The van der Waals surface area contributed by atoms with Gasteiger partial charge in [0.2, 0.25) is 0 Å². The Labute approximate surface area is 147 Å². The molecule has 1 aliphatic rings. The van der Waals surface area contributed by atoms with Gasteiger partial charge in [0.05, 0.1) is 48.0 Å². The molecule has 0 unspecified atom stereocenters. The molecule has 8 nitrogen and oxygen atoms in total. The van der Waals surface area contributed by atoms with E-state index in [0.29, 0.717) is 5.75 Å². The lowest BCUT2D eigenvalue weighted by Crippen LogP contribution is -2.46. The number of nitrogens with zero attached hydrogens (tertiary/aromatic N) is 1. The Morgan fingerprint density at radius 2 is 2.00 bits per heavy atom. The zero-order valence-corrected chi connectivity index (χ0v) is 15.5. The standard InChI is InChI=1S/C15H23NO7S2/c1-23-12-3-2-4-13(9-12)25(21,22)8-6-16(5-7-17)14-10-24(19,20)11-15(14)18/h2-4,9,14-15,17-18H,5-8,10-11H2,1H3/t14-,15+/m0/s1. The van der Waals surface area contributed by atoms with Gasteiger partial charge in [0.25, 0.3) is 0 Å². The summed E-state index contributed by atoms with van der Waals surface area (Å²) in [5.41, 5.74) is 0. The summed E-state index contributed by atoms with van der Waals surface area (Å²) in [6.07, 6.45) is -1.09. The van der Waals surface area contributed by atoms with E-state index in [9.17, 15) is 27.0 Å². The van der Waals surface area contributed by atoms with Crippen LogP contribution in [-0.4, -0.2) is 88.2 Å². The number of aliphatic hydroxyl groups excluding tert-OH is 2. The zero-order chi connectivity index (χ0) is 18.7. The van der Waals surface area contributed by atoms with Gasteiger partial charge in [-0.3, -0.25) is 4.90 Å². The Kier molecular flexibility index (Phi) is 6.44. The molecule has 0 bridgehead atoms. The van der Waals surface area contributed by atoms with Gasteiger partial charge in [-0.1, -0.05) is 6.07 Å². The van der Waals surface area contributed by atoms with Gasteiger partial charge in [-0.15, -0.1) is 0 Å². The van der Waals surface area contributed by atoms with Gasteiger partial charge in [-0.25, -0.2) is 16.8 Å². The van der Waals surface area contributed by atoms with Crippen molar-refractivity contribution in [1.82, 2.24) is 4.90 Å². The molecule has 25 heavy (non-hydrogen) atoms. The average molecular weight is 393 g/mol. The molecule has 1 aromatic rings. The summed E-state index contributed by atoms with van der Waals surface area (Å²) in [4.78, 5) is 1.63. The van der Waals surface area contributed by atoms with E-state index in [1.807, 2.05) is 0 Å². The number of hydrogen-bond acceptors (Lipinski definition) is 8. The molecule has 0 aromatic heterocycles. The van der Waals surface area contributed by atoms with Crippen molar-refractivity contribution in [1.29, 1.82) is 0 Å². The molecular formula is C15H23NO7S2. The molecular weight excluding hydrogens is 370 g/mol. The lowest BCUT2D eigenvalue weighted by Gasteiger charge is -2.29. The highest BCUT2D eigenvalue weighted by Crippen LogP contribution is 2.21. The first-order valence-corrected chi connectivity index (χ1v) is 11.3. The van der Waals surface area contributed by atoms with Crippen LogP contribution in [0.5, 0.6) is 5.75 Å². The second-order valence-electron chi connectivity index (χ2n) is 5.97. The second kappa shape index (κ2) is 8.00. The Hall–Kier alpha value is -1.20. The second-order valence-corrected chi connectivity index (χ2v) is 10.2. The predicted octanol–water partition coefficient (Wildman–Crippen LogP) is -1.08. The smallest absolute Gasteiger partial charge is 0.179 e. The lowest BCUT2D eigenvalue weighted by atomic mass is 10.2. The molecule has 2 rings (SSSR count). The summed E-state index contributed by atoms with van der Waals surface area (Å²) in [6.45, 7) is -0.162. The Morgan fingerprint density at radius 3 is 2.56 bits per heavy atom. The molecule has 0 spiro atoms. The van der Waals surface area contributed by atoms with E-state index in [1.54, 1.807) is 12.1 Å². The van der Waals surface area contributed by atoms with Crippen molar-refractivity contribution in [2.24, 2.45) is 0 Å². The van der Waals surface area contributed by atoms with Gasteiger partial charge in [-0.2, -0.15) is 0 Å². The summed E-state index contributed by atoms with van der Waals surface area (Å²) in [5.74, 6) is -0.426. The molecule has 0 aliphatic carbocycles. The van der Waals surface area contributed by atoms with Crippen LogP contribution in [0.2, 0.25) is 0 Å². The minimum atomic E-state index is -3.62. The van der Waals surface area contributed by atoms with E-state index in [0.717, 1.165) is 0 Å². The molecule has 1 fully saturated rings. The molecule has 1 aliphatic heterocycles. The molecule has 1 saturated heterocycles. The number of methoxy groups -OCH3 is 1. The average Bonchev–Trinajstić information content (AvgIpc) is 2.84. The Morgan fingerprint density at radius 1 is 1.28 bits per heavy atom. The fourth-order valence-corrected chi connectivity index (χ4v) is 6.01. The number of hydrogen-bond donors (Lipinski definition) is 2. The molecule has 1 aromatic carbocycles. The highest BCUT2D eigenvalue weighted by molar-refractivity contribution is 7.91. The van der Waals surface area contributed by atoms with Gasteiger partial charge in [0.15, 0.2) is 19.7 Å². The third-order valence-electron chi connectivity index (χ3n) is 4.20. The molecule has 10 heteroatoms. The van der Waals surface area contributed by atoms with Crippen LogP contribution in [0.1, 0.15) is 0 Å². The molecule has 2 N–H and O–H groups in total.